The van der Waals surface area contributed by atoms with Crippen LogP contribution in [0.5, 0.6) is 0 Å². The molecular weight excluding hydrogens is 1390 g/mol. The van der Waals surface area contributed by atoms with Crippen LogP contribution in [0.15, 0.2) is 218 Å². The van der Waals surface area contributed by atoms with Gasteiger partial charge in [-0.3, -0.25) is 0 Å². The first-order chi connectivity index (χ1) is 53.8. The standard InChI is InChI=1S/6C17H18N2/c1-11-18-15-10-13-8-6-5-7-12(13)9-14(15)16(19-11)17(2,3)4;1-11-14-9-12-7-5-6-8-13(12)10-15(14)19-16(18-11)17(2,3)4;1-11-13-10-9-12-7-5-6-8-14(12)15(13)19-16(18-11)17(2,3)4;1-11-18-14-10-9-12-7-5-6-8-13(12)15(14)16(19-11)17(2,3)4;1-11-18-15-13-8-6-5-7-12(13)9-10-14(15)16(19-11)17(2,3)4;1-11-15-13-8-6-5-7-12(13)9-10-14(15)19-16(18-11)17(2,3)4/h6*5-10H,1-4H3. The fraction of sp³-hybridized carbons (Fsp3) is 0.294. The SMILES string of the molecule is Cc1nc(C(C)(C)C)c2c(ccc3ccccc32)n1.Cc1nc(C(C)(C)C)c2cc3ccccc3cc2n1.Cc1nc(C(C)(C)C)c2ccc3ccccc3c2n1.Cc1nc(C(C)(C)C)nc2c1ccc1ccccc12.Cc1nc(C(C)(C)C)nc2cc3ccccc3cc12.Cc1nc(C(C)(C)C)nc2ccc3ccccc3c12. The molecule has 0 radical (unpaired) electrons. The largest absolute Gasteiger partial charge is 0.237 e. The van der Waals surface area contributed by atoms with E-state index < -0.39 is 0 Å². The lowest BCUT2D eigenvalue weighted by Crippen LogP contribution is -2.16. The van der Waals surface area contributed by atoms with Crippen LogP contribution >= 0.6 is 0 Å². The van der Waals surface area contributed by atoms with Gasteiger partial charge in [0.15, 0.2) is 0 Å². The Morgan fingerprint density at radius 2 is 0.491 bits per heavy atom. The second-order valence-electron chi connectivity index (χ2n) is 36.4. The molecule has 0 aliphatic carbocycles. The molecule has 0 saturated heterocycles. The lowest BCUT2D eigenvalue weighted by molar-refractivity contribution is 0.546. The first-order valence-electron chi connectivity index (χ1n) is 39.8. The van der Waals surface area contributed by atoms with Crippen molar-refractivity contribution in [2.75, 3.05) is 0 Å². The van der Waals surface area contributed by atoms with Gasteiger partial charge in [-0.2, -0.15) is 0 Å². The summed E-state index contributed by atoms with van der Waals surface area (Å²) < 4.78 is 0. The van der Waals surface area contributed by atoms with Gasteiger partial charge in [0.2, 0.25) is 0 Å². The number of nitrogens with zero attached hydrogens (tertiary/aromatic N) is 12. The lowest BCUT2D eigenvalue weighted by Gasteiger charge is -2.21. The molecule has 0 N–H and O–H groups in total. The predicted molar refractivity (Wildman–Crippen MR) is 483 cm³/mol. The number of aryl methyl sites for hydroxylation is 6. The summed E-state index contributed by atoms with van der Waals surface area (Å²) >= 11 is 0. The lowest BCUT2D eigenvalue weighted by atomic mass is 9.87. The smallest absolute Gasteiger partial charge is 0.134 e. The first kappa shape index (κ1) is 80.3. The summed E-state index contributed by atoms with van der Waals surface area (Å²) in [4.78, 5) is 56.3. The van der Waals surface area contributed by atoms with E-state index in [1.54, 1.807) is 0 Å². The molecular formula is C102H108N12. The molecule has 0 aliphatic heterocycles. The summed E-state index contributed by atoms with van der Waals surface area (Å²) in [6.45, 7) is 51.2. The Balaban J connectivity index is 0.000000119. The fourth-order valence-corrected chi connectivity index (χ4v) is 14.7. The molecule has 0 amide bonds. The molecule has 0 fully saturated rings. The number of benzene rings is 12. The van der Waals surface area contributed by atoms with Crippen molar-refractivity contribution in [2.24, 2.45) is 0 Å². The van der Waals surface area contributed by atoms with Crippen molar-refractivity contribution in [2.45, 2.75) is 199 Å². The molecule has 0 spiro atoms. The van der Waals surface area contributed by atoms with Crippen molar-refractivity contribution >= 4 is 130 Å². The second kappa shape index (κ2) is 31.3. The molecule has 0 atom stereocenters. The third kappa shape index (κ3) is 17.4. The topological polar surface area (TPSA) is 155 Å². The maximum Gasteiger partial charge on any atom is 0.134 e. The first-order valence-corrected chi connectivity index (χ1v) is 39.8. The summed E-state index contributed by atoms with van der Waals surface area (Å²) in [6, 6.07) is 76.2. The molecule has 0 aliphatic rings. The maximum absolute atomic E-state index is 4.82. The fourth-order valence-electron chi connectivity index (χ4n) is 14.7. The maximum atomic E-state index is 4.82. The van der Waals surface area contributed by atoms with Crippen LogP contribution in [0.4, 0.5) is 0 Å². The van der Waals surface area contributed by atoms with E-state index in [1.165, 1.54) is 75.4 Å². The minimum Gasteiger partial charge on any atom is -0.237 e. The Morgan fingerprint density at radius 1 is 0.184 bits per heavy atom. The van der Waals surface area contributed by atoms with Crippen molar-refractivity contribution in [1.29, 1.82) is 0 Å². The van der Waals surface area contributed by atoms with Gasteiger partial charge in [0.25, 0.3) is 0 Å². The highest BCUT2D eigenvalue weighted by Gasteiger charge is 2.26. The molecule has 6 heterocycles. The summed E-state index contributed by atoms with van der Waals surface area (Å²) in [5.41, 5.74) is 12.8. The molecule has 12 heteroatoms. The summed E-state index contributed by atoms with van der Waals surface area (Å²) in [5, 5.41) is 21.8. The van der Waals surface area contributed by atoms with Crippen LogP contribution in [-0.2, 0) is 32.5 Å². The number of rotatable bonds is 0. The van der Waals surface area contributed by atoms with Crippen molar-refractivity contribution in [1.82, 2.24) is 59.8 Å². The Hall–Kier alpha value is -11.8. The van der Waals surface area contributed by atoms with E-state index in [1.807, 2.05) is 20.8 Å². The van der Waals surface area contributed by atoms with E-state index >= 15 is 0 Å². The highest BCUT2D eigenvalue weighted by molar-refractivity contribution is 6.10. The molecule has 12 aromatic carbocycles. The van der Waals surface area contributed by atoms with Crippen LogP contribution in [0.1, 0.15) is 194 Å². The van der Waals surface area contributed by atoms with Gasteiger partial charge in [-0.1, -0.05) is 307 Å². The van der Waals surface area contributed by atoms with Gasteiger partial charge in [-0.05, 0) is 132 Å². The zero-order chi connectivity index (χ0) is 81.7. The molecule has 0 saturated carbocycles. The quantitative estimate of drug-likeness (QED) is 0.105. The van der Waals surface area contributed by atoms with Crippen molar-refractivity contribution in [3.63, 3.8) is 0 Å². The Kier molecular flexibility index (Phi) is 22.1. The molecule has 576 valence electrons. The number of aromatic nitrogens is 12. The van der Waals surface area contributed by atoms with E-state index in [0.29, 0.717) is 0 Å². The van der Waals surface area contributed by atoms with Crippen LogP contribution in [0.2, 0.25) is 0 Å². The highest BCUT2D eigenvalue weighted by atomic mass is 14.9. The van der Waals surface area contributed by atoms with Gasteiger partial charge in [0.1, 0.15) is 34.9 Å². The Bertz CT molecular complexity index is 6540. The molecule has 18 aromatic rings. The monoisotopic (exact) mass is 1500 g/mol. The van der Waals surface area contributed by atoms with Crippen LogP contribution in [0, 0.1) is 41.5 Å². The van der Waals surface area contributed by atoms with Crippen molar-refractivity contribution < 1.29 is 0 Å². The van der Waals surface area contributed by atoms with E-state index in [4.69, 9.17) is 24.9 Å². The normalized spacial score (nSPS) is 12.2. The van der Waals surface area contributed by atoms with Gasteiger partial charge in [-0.15, -0.1) is 0 Å². The predicted octanol–water partition coefficient (Wildman–Crippen LogP) is 26.3. The van der Waals surface area contributed by atoms with Crippen molar-refractivity contribution in [3.8, 4) is 0 Å². The summed E-state index contributed by atoms with van der Waals surface area (Å²) in [5.74, 6) is 5.25. The molecule has 0 unspecified atom stereocenters. The number of fused-ring (bicyclic) bond motifs is 16. The average molecular weight is 1500 g/mol. The number of hydrogen-bond acceptors (Lipinski definition) is 12. The molecule has 0 bridgehead atoms. The highest BCUT2D eigenvalue weighted by Crippen LogP contribution is 2.38. The van der Waals surface area contributed by atoms with Crippen LogP contribution in [0.25, 0.3) is 130 Å². The van der Waals surface area contributed by atoms with Gasteiger partial charge in [0.05, 0.1) is 50.2 Å². The van der Waals surface area contributed by atoms with Crippen LogP contribution in [0.3, 0.4) is 0 Å². The Labute approximate surface area is 672 Å². The molecule has 114 heavy (non-hydrogen) atoms. The minimum atomic E-state index is -0.0319. The van der Waals surface area contributed by atoms with E-state index in [0.717, 1.165) is 124 Å². The third-order valence-corrected chi connectivity index (χ3v) is 20.5. The molecule has 12 nitrogen and oxygen atoms in total. The van der Waals surface area contributed by atoms with E-state index in [2.05, 4.69) is 399 Å². The second-order valence-corrected chi connectivity index (χ2v) is 36.4. The third-order valence-electron chi connectivity index (χ3n) is 20.5. The van der Waals surface area contributed by atoms with Gasteiger partial charge < -0.3 is 0 Å². The van der Waals surface area contributed by atoms with E-state index in [-0.39, 0.29) is 32.5 Å². The van der Waals surface area contributed by atoms with Gasteiger partial charge >= 0.3 is 0 Å². The van der Waals surface area contributed by atoms with Crippen molar-refractivity contribution in [3.05, 3.63) is 287 Å². The van der Waals surface area contributed by atoms with E-state index in [9.17, 15) is 0 Å². The molecule has 18 rings (SSSR count). The van der Waals surface area contributed by atoms with Gasteiger partial charge in [0, 0.05) is 92.7 Å². The Morgan fingerprint density at radius 3 is 0.956 bits per heavy atom. The number of hydrogen-bond donors (Lipinski definition) is 0. The van der Waals surface area contributed by atoms with Crippen LogP contribution in [-0.4, -0.2) is 59.8 Å². The zero-order valence-corrected chi connectivity index (χ0v) is 71.2. The average Bonchev–Trinajstić information content (AvgIpc) is 0.631. The molecule has 6 aromatic heterocycles. The zero-order valence-electron chi connectivity index (χ0n) is 71.2. The van der Waals surface area contributed by atoms with Gasteiger partial charge in [-0.25, -0.2) is 59.8 Å². The summed E-state index contributed by atoms with van der Waals surface area (Å²) in [7, 11) is 0. The minimum absolute atomic E-state index is 0.00999. The summed E-state index contributed by atoms with van der Waals surface area (Å²) in [6.07, 6.45) is 0. The van der Waals surface area contributed by atoms with Crippen LogP contribution < -0.4 is 0 Å².